The molecule has 0 heterocycles. The van der Waals surface area contributed by atoms with Crippen LogP contribution >= 0.6 is 12.4 Å². The fourth-order valence-corrected chi connectivity index (χ4v) is 1.20. The van der Waals surface area contributed by atoms with Crippen LogP contribution in [0.3, 0.4) is 0 Å². The van der Waals surface area contributed by atoms with Gasteiger partial charge < -0.3 is 16.8 Å². The number of benzene rings is 1. The first kappa shape index (κ1) is 15.4. The van der Waals surface area contributed by atoms with Crippen LogP contribution in [0.15, 0.2) is 24.3 Å². The van der Waals surface area contributed by atoms with Gasteiger partial charge in [-0.25, -0.2) is 0 Å². The van der Waals surface area contributed by atoms with Gasteiger partial charge >= 0.3 is 0 Å². The first-order valence-corrected chi connectivity index (χ1v) is 5.03. The highest BCUT2D eigenvalue weighted by atomic mass is 35.5. The van der Waals surface area contributed by atoms with Gasteiger partial charge in [-0.15, -0.1) is 12.4 Å². The summed E-state index contributed by atoms with van der Waals surface area (Å²) in [5, 5.41) is 2.70. The van der Waals surface area contributed by atoms with Gasteiger partial charge in [0.1, 0.15) is 0 Å². The molecule has 0 atom stereocenters. The van der Waals surface area contributed by atoms with Crippen LogP contribution in [0, 0.1) is 0 Å². The van der Waals surface area contributed by atoms with E-state index in [2.05, 4.69) is 5.32 Å². The number of carbonyl (C=O) groups is 2. The highest BCUT2D eigenvalue weighted by Gasteiger charge is 2.03. The standard InChI is InChI=1S/C11H15N3O2.ClH/c12-7-1-2-10(15)14-9-5-3-8(4-6-9)11(13)16;/h3-6H,1-2,7,12H2,(H2,13,16)(H,14,15);1H. The van der Waals surface area contributed by atoms with E-state index >= 15 is 0 Å². The molecule has 2 amide bonds. The Morgan fingerprint density at radius 2 is 1.76 bits per heavy atom. The number of hydrogen-bond acceptors (Lipinski definition) is 3. The number of carbonyl (C=O) groups excluding carboxylic acids is 2. The van der Waals surface area contributed by atoms with Crippen molar-refractivity contribution in [3.8, 4) is 0 Å². The number of amides is 2. The Hall–Kier alpha value is -1.59. The van der Waals surface area contributed by atoms with Crippen LogP contribution in [0.1, 0.15) is 23.2 Å². The minimum absolute atomic E-state index is 0. The molecule has 1 aromatic rings. The zero-order valence-corrected chi connectivity index (χ0v) is 10.1. The number of hydrogen-bond donors (Lipinski definition) is 3. The van der Waals surface area contributed by atoms with Crippen LogP contribution in [0.5, 0.6) is 0 Å². The molecule has 1 aromatic carbocycles. The molecule has 0 aromatic heterocycles. The van der Waals surface area contributed by atoms with Crippen molar-refractivity contribution in [3.63, 3.8) is 0 Å². The maximum Gasteiger partial charge on any atom is 0.248 e. The van der Waals surface area contributed by atoms with Crippen molar-refractivity contribution in [2.24, 2.45) is 11.5 Å². The van der Waals surface area contributed by atoms with Crippen molar-refractivity contribution in [1.29, 1.82) is 0 Å². The number of nitrogens with two attached hydrogens (primary N) is 2. The van der Waals surface area contributed by atoms with Gasteiger partial charge in [0.05, 0.1) is 0 Å². The third-order valence-electron chi connectivity index (χ3n) is 2.06. The molecule has 5 N–H and O–H groups in total. The Bertz CT molecular complexity index is 379. The topological polar surface area (TPSA) is 98.2 Å². The summed E-state index contributed by atoms with van der Waals surface area (Å²) in [6.45, 7) is 0.494. The monoisotopic (exact) mass is 257 g/mol. The van der Waals surface area contributed by atoms with E-state index in [1.165, 1.54) is 0 Å². The lowest BCUT2D eigenvalue weighted by atomic mass is 10.2. The van der Waals surface area contributed by atoms with Gasteiger partial charge in [0.15, 0.2) is 0 Å². The molecule has 0 radical (unpaired) electrons. The molecule has 94 valence electrons. The highest BCUT2D eigenvalue weighted by molar-refractivity contribution is 5.94. The molecule has 0 unspecified atom stereocenters. The van der Waals surface area contributed by atoms with Crippen LogP contribution in [0.25, 0.3) is 0 Å². The number of rotatable bonds is 5. The fourth-order valence-electron chi connectivity index (χ4n) is 1.20. The summed E-state index contributed by atoms with van der Waals surface area (Å²) in [6.07, 6.45) is 1.05. The summed E-state index contributed by atoms with van der Waals surface area (Å²) in [5.41, 5.74) is 11.4. The Morgan fingerprint density at radius 3 is 2.24 bits per heavy atom. The molecule has 0 aliphatic heterocycles. The predicted molar refractivity (Wildman–Crippen MR) is 69.1 cm³/mol. The molecular weight excluding hydrogens is 242 g/mol. The number of anilines is 1. The van der Waals surface area contributed by atoms with Crippen molar-refractivity contribution in [2.75, 3.05) is 11.9 Å². The number of primary amides is 1. The van der Waals surface area contributed by atoms with Crippen LogP contribution in [0.2, 0.25) is 0 Å². The average molecular weight is 258 g/mol. The molecule has 0 aliphatic rings. The van der Waals surface area contributed by atoms with Gasteiger partial charge in [-0.05, 0) is 37.2 Å². The van der Waals surface area contributed by atoms with Crippen molar-refractivity contribution in [3.05, 3.63) is 29.8 Å². The fraction of sp³-hybridized carbons (Fsp3) is 0.273. The molecule has 0 saturated carbocycles. The van der Waals surface area contributed by atoms with Gasteiger partial charge in [0.2, 0.25) is 11.8 Å². The molecule has 0 fully saturated rings. The minimum atomic E-state index is -0.485. The smallest absolute Gasteiger partial charge is 0.248 e. The van der Waals surface area contributed by atoms with Crippen LogP contribution < -0.4 is 16.8 Å². The molecule has 6 heteroatoms. The van der Waals surface area contributed by atoms with Crippen molar-refractivity contribution >= 4 is 29.9 Å². The van der Waals surface area contributed by atoms with Crippen molar-refractivity contribution < 1.29 is 9.59 Å². The van der Waals surface area contributed by atoms with Gasteiger partial charge in [-0.3, -0.25) is 9.59 Å². The van der Waals surface area contributed by atoms with Crippen LogP contribution in [-0.2, 0) is 4.79 Å². The first-order chi connectivity index (χ1) is 7.63. The highest BCUT2D eigenvalue weighted by Crippen LogP contribution is 2.09. The molecule has 0 saturated heterocycles. The molecule has 1 rings (SSSR count). The summed E-state index contributed by atoms with van der Waals surface area (Å²) >= 11 is 0. The Morgan fingerprint density at radius 1 is 1.18 bits per heavy atom. The second-order valence-electron chi connectivity index (χ2n) is 3.38. The molecule has 0 aliphatic carbocycles. The lowest BCUT2D eigenvalue weighted by Crippen LogP contribution is -2.14. The number of halogens is 1. The summed E-state index contributed by atoms with van der Waals surface area (Å²) in [7, 11) is 0. The zero-order valence-electron chi connectivity index (χ0n) is 9.31. The lowest BCUT2D eigenvalue weighted by Gasteiger charge is -2.04. The van der Waals surface area contributed by atoms with E-state index in [1.54, 1.807) is 24.3 Å². The Labute approximate surface area is 106 Å². The van der Waals surface area contributed by atoms with E-state index in [0.29, 0.717) is 30.6 Å². The quantitative estimate of drug-likeness (QED) is 0.730. The van der Waals surface area contributed by atoms with E-state index in [4.69, 9.17) is 11.5 Å². The van der Waals surface area contributed by atoms with Crippen molar-refractivity contribution in [1.82, 2.24) is 0 Å². The second-order valence-corrected chi connectivity index (χ2v) is 3.38. The summed E-state index contributed by atoms with van der Waals surface area (Å²) in [4.78, 5) is 22.1. The van der Waals surface area contributed by atoms with Gasteiger partial charge in [0.25, 0.3) is 0 Å². The largest absolute Gasteiger partial charge is 0.366 e. The van der Waals surface area contributed by atoms with E-state index in [1.807, 2.05) is 0 Å². The lowest BCUT2D eigenvalue weighted by molar-refractivity contribution is -0.116. The molecule has 0 spiro atoms. The van der Waals surface area contributed by atoms with E-state index in [-0.39, 0.29) is 18.3 Å². The van der Waals surface area contributed by atoms with Gasteiger partial charge in [0, 0.05) is 17.7 Å². The van der Waals surface area contributed by atoms with E-state index in [9.17, 15) is 9.59 Å². The molecule has 5 nitrogen and oxygen atoms in total. The van der Waals surface area contributed by atoms with Gasteiger partial charge in [-0.1, -0.05) is 0 Å². The maximum atomic E-state index is 11.3. The predicted octanol–water partition coefficient (Wildman–Crippen LogP) is 0.885. The zero-order chi connectivity index (χ0) is 12.0. The van der Waals surface area contributed by atoms with Crippen LogP contribution in [-0.4, -0.2) is 18.4 Å². The summed E-state index contributed by atoms with van der Waals surface area (Å²) < 4.78 is 0. The second kappa shape index (κ2) is 7.65. The molecule has 0 bridgehead atoms. The summed E-state index contributed by atoms with van der Waals surface area (Å²) in [5.74, 6) is -0.571. The SMILES string of the molecule is Cl.NCCCC(=O)Nc1ccc(C(N)=O)cc1. The number of nitrogens with one attached hydrogen (secondary N) is 1. The van der Waals surface area contributed by atoms with Crippen molar-refractivity contribution in [2.45, 2.75) is 12.8 Å². The maximum absolute atomic E-state index is 11.3. The third-order valence-corrected chi connectivity index (χ3v) is 2.06. The summed E-state index contributed by atoms with van der Waals surface area (Å²) in [6, 6.07) is 6.42. The van der Waals surface area contributed by atoms with E-state index in [0.717, 1.165) is 0 Å². The Kier molecular flexibility index (Phi) is 6.93. The average Bonchev–Trinajstić information content (AvgIpc) is 2.27. The minimum Gasteiger partial charge on any atom is -0.366 e. The molecule has 17 heavy (non-hydrogen) atoms. The Balaban J connectivity index is 0.00000256. The van der Waals surface area contributed by atoms with Gasteiger partial charge in [-0.2, -0.15) is 0 Å². The normalized spacial score (nSPS) is 9.24. The van der Waals surface area contributed by atoms with E-state index < -0.39 is 5.91 Å². The molecular formula is C11H16ClN3O2. The third kappa shape index (κ3) is 5.33. The van der Waals surface area contributed by atoms with Crippen LogP contribution in [0.4, 0.5) is 5.69 Å². The first-order valence-electron chi connectivity index (χ1n) is 5.03.